The van der Waals surface area contributed by atoms with Crippen molar-refractivity contribution in [2.75, 3.05) is 6.54 Å². The number of H-pyrrole nitrogens is 1. The van der Waals surface area contributed by atoms with Gasteiger partial charge in [-0.15, -0.1) is 0 Å². The highest BCUT2D eigenvalue weighted by atomic mass is 15.1. The summed E-state index contributed by atoms with van der Waals surface area (Å²) in [6.07, 6.45) is 0.812. The van der Waals surface area contributed by atoms with Crippen LogP contribution in [0.2, 0.25) is 0 Å². The van der Waals surface area contributed by atoms with Crippen molar-refractivity contribution in [3.8, 4) is 11.1 Å². The van der Waals surface area contributed by atoms with E-state index in [1.165, 1.54) is 22.3 Å². The molecule has 0 saturated heterocycles. The topological polar surface area (TPSA) is 54.7 Å². The summed E-state index contributed by atoms with van der Waals surface area (Å²) in [5.41, 5.74) is 12.8. The highest BCUT2D eigenvalue weighted by molar-refractivity contribution is 5.69. The fraction of sp³-hybridized carbons (Fsp3) is 0.357. The van der Waals surface area contributed by atoms with E-state index in [-0.39, 0.29) is 0 Å². The van der Waals surface area contributed by atoms with Crippen LogP contribution in [0.5, 0.6) is 0 Å². The zero-order valence-electron chi connectivity index (χ0n) is 10.7. The molecule has 0 unspecified atom stereocenters. The van der Waals surface area contributed by atoms with Crippen LogP contribution in [0.15, 0.2) is 18.2 Å². The van der Waals surface area contributed by atoms with Gasteiger partial charge in [-0.1, -0.05) is 18.2 Å². The number of nitrogens with zero attached hydrogens (tertiary/aromatic N) is 1. The minimum atomic E-state index is 0.627. The molecule has 2 rings (SSSR count). The molecule has 0 spiro atoms. The average molecular weight is 229 g/mol. The number of hydrogen-bond donors (Lipinski definition) is 2. The summed E-state index contributed by atoms with van der Waals surface area (Å²) in [7, 11) is 0. The Kier molecular flexibility index (Phi) is 3.29. The van der Waals surface area contributed by atoms with Crippen LogP contribution in [0.25, 0.3) is 11.1 Å². The molecule has 2 aromatic rings. The Balaban J connectivity index is 2.51. The predicted octanol–water partition coefficient (Wildman–Crippen LogP) is 2.50. The molecule has 0 radical (unpaired) electrons. The lowest BCUT2D eigenvalue weighted by Gasteiger charge is -2.06. The first-order chi connectivity index (χ1) is 8.13. The minimum absolute atomic E-state index is 0.627. The van der Waals surface area contributed by atoms with Gasteiger partial charge in [-0.05, 0) is 44.0 Å². The van der Waals surface area contributed by atoms with Crippen molar-refractivity contribution < 1.29 is 0 Å². The van der Waals surface area contributed by atoms with Crippen LogP contribution in [0, 0.1) is 20.8 Å². The van der Waals surface area contributed by atoms with Crippen LogP contribution in [0.4, 0.5) is 0 Å². The summed E-state index contributed by atoms with van der Waals surface area (Å²) in [6.45, 7) is 6.94. The Morgan fingerprint density at radius 3 is 2.59 bits per heavy atom. The first-order valence-electron chi connectivity index (χ1n) is 5.95. The van der Waals surface area contributed by atoms with Gasteiger partial charge in [0.1, 0.15) is 0 Å². The highest BCUT2D eigenvalue weighted by Crippen LogP contribution is 2.27. The summed E-state index contributed by atoms with van der Waals surface area (Å²) >= 11 is 0. The van der Waals surface area contributed by atoms with Gasteiger partial charge in [-0.25, -0.2) is 0 Å². The molecule has 0 bridgehead atoms. The van der Waals surface area contributed by atoms with Crippen molar-refractivity contribution in [3.05, 3.63) is 40.7 Å². The molecule has 1 aromatic carbocycles. The molecule has 17 heavy (non-hydrogen) atoms. The zero-order valence-corrected chi connectivity index (χ0v) is 10.7. The largest absolute Gasteiger partial charge is 0.330 e. The van der Waals surface area contributed by atoms with Gasteiger partial charge in [0.25, 0.3) is 0 Å². The van der Waals surface area contributed by atoms with E-state index in [1.807, 2.05) is 0 Å². The molecule has 0 fully saturated rings. The first kappa shape index (κ1) is 11.9. The van der Waals surface area contributed by atoms with E-state index in [0.29, 0.717) is 6.54 Å². The molecule has 0 aliphatic rings. The number of aromatic amines is 1. The number of nitrogens with one attached hydrogen (secondary N) is 1. The SMILES string of the molecule is Cc1ccc(-c2c(CCN)n[nH]c2C)cc1C. The zero-order chi connectivity index (χ0) is 12.4. The number of aryl methyl sites for hydroxylation is 3. The summed E-state index contributed by atoms with van der Waals surface area (Å²) in [6, 6.07) is 6.52. The lowest BCUT2D eigenvalue weighted by Crippen LogP contribution is -2.04. The molecule has 0 aliphatic heterocycles. The molecule has 3 nitrogen and oxygen atoms in total. The number of benzene rings is 1. The van der Waals surface area contributed by atoms with Crippen LogP contribution in [0.3, 0.4) is 0 Å². The summed E-state index contributed by atoms with van der Waals surface area (Å²) < 4.78 is 0. The highest BCUT2D eigenvalue weighted by Gasteiger charge is 2.12. The number of hydrogen-bond acceptors (Lipinski definition) is 2. The van der Waals surface area contributed by atoms with Crippen LogP contribution in [0.1, 0.15) is 22.5 Å². The number of rotatable bonds is 3. The van der Waals surface area contributed by atoms with Gasteiger partial charge in [-0.3, -0.25) is 5.10 Å². The second-order valence-corrected chi connectivity index (χ2v) is 4.51. The molecule has 1 aromatic heterocycles. The van der Waals surface area contributed by atoms with E-state index >= 15 is 0 Å². The van der Waals surface area contributed by atoms with Gasteiger partial charge in [0, 0.05) is 17.7 Å². The molecule has 0 atom stereocenters. The fourth-order valence-corrected chi connectivity index (χ4v) is 2.08. The Morgan fingerprint density at radius 2 is 1.94 bits per heavy atom. The molecular weight excluding hydrogens is 210 g/mol. The summed E-state index contributed by atoms with van der Waals surface area (Å²) in [5.74, 6) is 0. The van der Waals surface area contributed by atoms with Crippen LogP contribution in [-0.4, -0.2) is 16.7 Å². The molecule has 1 heterocycles. The van der Waals surface area contributed by atoms with Gasteiger partial charge < -0.3 is 5.73 Å². The minimum Gasteiger partial charge on any atom is -0.330 e. The quantitative estimate of drug-likeness (QED) is 0.849. The average Bonchev–Trinajstić information content (AvgIpc) is 2.65. The third kappa shape index (κ3) is 2.24. The van der Waals surface area contributed by atoms with Crippen molar-refractivity contribution in [2.24, 2.45) is 5.73 Å². The van der Waals surface area contributed by atoms with Crippen LogP contribution >= 0.6 is 0 Å². The molecule has 90 valence electrons. The summed E-state index contributed by atoms with van der Waals surface area (Å²) in [4.78, 5) is 0. The van der Waals surface area contributed by atoms with Crippen LogP contribution < -0.4 is 5.73 Å². The van der Waals surface area contributed by atoms with E-state index in [1.54, 1.807) is 0 Å². The molecule has 3 heteroatoms. The van der Waals surface area contributed by atoms with Gasteiger partial charge in [0.05, 0.1) is 5.69 Å². The Labute approximate surface area is 102 Å². The van der Waals surface area contributed by atoms with Crippen molar-refractivity contribution >= 4 is 0 Å². The Hall–Kier alpha value is -1.61. The molecule has 0 amide bonds. The normalized spacial score (nSPS) is 10.8. The number of aromatic nitrogens is 2. The van der Waals surface area contributed by atoms with E-state index in [4.69, 9.17) is 5.73 Å². The van der Waals surface area contributed by atoms with E-state index < -0.39 is 0 Å². The molecular formula is C14H19N3. The van der Waals surface area contributed by atoms with E-state index in [9.17, 15) is 0 Å². The smallest absolute Gasteiger partial charge is 0.0715 e. The fourth-order valence-electron chi connectivity index (χ4n) is 2.08. The van der Waals surface area contributed by atoms with Gasteiger partial charge in [0.15, 0.2) is 0 Å². The summed E-state index contributed by atoms with van der Waals surface area (Å²) in [5, 5.41) is 7.38. The second kappa shape index (κ2) is 4.72. The first-order valence-corrected chi connectivity index (χ1v) is 5.95. The second-order valence-electron chi connectivity index (χ2n) is 4.51. The van der Waals surface area contributed by atoms with E-state index in [0.717, 1.165) is 17.8 Å². The molecule has 0 aliphatic carbocycles. The maximum Gasteiger partial charge on any atom is 0.0715 e. The maximum absolute atomic E-state index is 5.62. The van der Waals surface area contributed by atoms with Crippen molar-refractivity contribution in [1.82, 2.24) is 10.2 Å². The van der Waals surface area contributed by atoms with Crippen molar-refractivity contribution in [2.45, 2.75) is 27.2 Å². The molecule has 3 N–H and O–H groups in total. The standard InChI is InChI=1S/C14H19N3/c1-9-4-5-12(8-10(9)2)14-11(3)16-17-13(14)6-7-15/h4-5,8H,6-7,15H2,1-3H3,(H,16,17). The van der Waals surface area contributed by atoms with Gasteiger partial charge >= 0.3 is 0 Å². The Morgan fingerprint density at radius 1 is 1.18 bits per heavy atom. The van der Waals surface area contributed by atoms with Crippen molar-refractivity contribution in [1.29, 1.82) is 0 Å². The van der Waals surface area contributed by atoms with Gasteiger partial charge in [0.2, 0.25) is 0 Å². The maximum atomic E-state index is 5.62. The Bertz CT molecular complexity index is 526. The lowest BCUT2D eigenvalue weighted by molar-refractivity contribution is 0.899. The lowest BCUT2D eigenvalue weighted by atomic mass is 9.98. The molecule has 0 saturated carbocycles. The van der Waals surface area contributed by atoms with Crippen LogP contribution in [-0.2, 0) is 6.42 Å². The number of nitrogens with two attached hydrogens (primary N) is 1. The van der Waals surface area contributed by atoms with Crippen molar-refractivity contribution in [3.63, 3.8) is 0 Å². The third-order valence-electron chi connectivity index (χ3n) is 3.20. The monoisotopic (exact) mass is 229 g/mol. The van der Waals surface area contributed by atoms with E-state index in [2.05, 4.69) is 49.2 Å². The third-order valence-corrected chi connectivity index (χ3v) is 3.20. The van der Waals surface area contributed by atoms with Gasteiger partial charge in [-0.2, -0.15) is 5.10 Å². The predicted molar refractivity (Wildman–Crippen MR) is 71.0 cm³/mol.